The summed E-state index contributed by atoms with van der Waals surface area (Å²) in [5, 5.41) is 8.84. The van der Waals surface area contributed by atoms with Crippen LogP contribution in [0.3, 0.4) is 0 Å². The number of aromatic nitrogens is 1. The maximum atomic E-state index is 12.7. The van der Waals surface area contributed by atoms with E-state index in [4.69, 9.17) is 5.73 Å². The summed E-state index contributed by atoms with van der Waals surface area (Å²) in [6.07, 6.45) is 0. The van der Waals surface area contributed by atoms with Crippen LogP contribution in [0.5, 0.6) is 0 Å². The van der Waals surface area contributed by atoms with Gasteiger partial charge in [-0.15, -0.1) is 11.3 Å². The number of carbonyl (C=O) groups is 2. The molecule has 6 rings (SSSR count). The van der Waals surface area contributed by atoms with Gasteiger partial charge in [0, 0.05) is 65.3 Å². The van der Waals surface area contributed by atoms with E-state index >= 15 is 0 Å². The van der Waals surface area contributed by atoms with Crippen LogP contribution in [0, 0.1) is 0 Å². The molecule has 166 valence electrons. The number of anilines is 1. The Morgan fingerprint density at radius 2 is 1.79 bits per heavy atom. The van der Waals surface area contributed by atoms with Crippen molar-refractivity contribution in [1.82, 2.24) is 20.5 Å². The van der Waals surface area contributed by atoms with Gasteiger partial charge < -0.3 is 16.0 Å². The maximum absolute atomic E-state index is 12.7. The summed E-state index contributed by atoms with van der Waals surface area (Å²) in [5.74, 6) is -0.853. The lowest BCUT2D eigenvalue weighted by Crippen LogP contribution is -2.42. The first-order valence-electron chi connectivity index (χ1n) is 11.0. The minimum Gasteiger partial charge on any atom is -0.398 e. The molecule has 0 radical (unpaired) electrons. The molecule has 8 heteroatoms. The molecule has 0 bridgehead atoms. The van der Waals surface area contributed by atoms with Crippen molar-refractivity contribution in [3.63, 3.8) is 0 Å². The summed E-state index contributed by atoms with van der Waals surface area (Å²) in [6, 6.07) is 14.3. The third kappa shape index (κ3) is 3.43. The molecular weight excluding hydrogens is 434 g/mol. The molecule has 4 aromatic rings. The van der Waals surface area contributed by atoms with Crippen LogP contribution in [-0.4, -0.2) is 47.9 Å². The summed E-state index contributed by atoms with van der Waals surface area (Å²) in [7, 11) is 0. The molecule has 1 fully saturated rings. The van der Waals surface area contributed by atoms with Crippen molar-refractivity contribution in [2.24, 2.45) is 0 Å². The predicted octanol–water partition coefficient (Wildman–Crippen LogP) is 3.43. The van der Waals surface area contributed by atoms with Crippen LogP contribution in [0.1, 0.15) is 26.3 Å². The summed E-state index contributed by atoms with van der Waals surface area (Å²) < 4.78 is 0. The SMILES string of the molecule is Nc1c(-c2cccs2)cc(-c2cc3cc(CN4CCNCC4)ccc3[nH]2)c2c1C(=O)NC2=O. The lowest BCUT2D eigenvalue weighted by Gasteiger charge is -2.27. The third-order valence-corrected chi connectivity index (χ3v) is 7.33. The van der Waals surface area contributed by atoms with Gasteiger partial charge in [-0.1, -0.05) is 12.1 Å². The second-order valence-electron chi connectivity index (χ2n) is 8.53. The maximum Gasteiger partial charge on any atom is 0.261 e. The van der Waals surface area contributed by atoms with Crippen LogP contribution in [0.25, 0.3) is 32.6 Å². The Morgan fingerprint density at radius 3 is 2.58 bits per heavy atom. The van der Waals surface area contributed by atoms with Gasteiger partial charge >= 0.3 is 0 Å². The van der Waals surface area contributed by atoms with Crippen molar-refractivity contribution < 1.29 is 9.59 Å². The second kappa shape index (κ2) is 7.84. The van der Waals surface area contributed by atoms with Crippen molar-refractivity contribution in [2.45, 2.75) is 6.54 Å². The van der Waals surface area contributed by atoms with Crippen LogP contribution in [0.15, 0.2) is 47.8 Å². The van der Waals surface area contributed by atoms with E-state index in [1.807, 2.05) is 23.6 Å². The summed E-state index contributed by atoms with van der Waals surface area (Å²) in [4.78, 5) is 32.1. The summed E-state index contributed by atoms with van der Waals surface area (Å²) >= 11 is 1.55. The van der Waals surface area contributed by atoms with Gasteiger partial charge in [0.2, 0.25) is 0 Å². The van der Waals surface area contributed by atoms with Gasteiger partial charge in [-0.2, -0.15) is 0 Å². The van der Waals surface area contributed by atoms with E-state index in [9.17, 15) is 9.59 Å². The lowest BCUT2D eigenvalue weighted by molar-refractivity contribution is 0.0880. The minimum absolute atomic E-state index is 0.263. The van der Waals surface area contributed by atoms with E-state index in [0.29, 0.717) is 16.8 Å². The number of fused-ring (bicyclic) bond motifs is 2. The zero-order chi connectivity index (χ0) is 22.5. The Bertz CT molecular complexity index is 1400. The highest BCUT2D eigenvalue weighted by Crippen LogP contribution is 2.41. The topological polar surface area (TPSA) is 103 Å². The molecule has 7 nitrogen and oxygen atoms in total. The van der Waals surface area contributed by atoms with E-state index < -0.39 is 11.8 Å². The van der Waals surface area contributed by atoms with Crippen molar-refractivity contribution in [3.05, 3.63) is 64.5 Å². The molecule has 0 aliphatic carbocycles. The number of thiophene rings is 1. The Labute approximate surface area is 194 Å². The normalized spacial score (nSPS) is 16.4. The van der Waals surface area contributed by atoms with Gasteiger partial charge in [-0.3, -0.25) is 19.8 Å². The smallest absolute Gasteiger partial charge is 0.261 e. The van der Waals surface area contributed by atoms with Gasteiger partial charge in [0.1, 0.15) is 0 Å². The molecule has 0 atom stereocenters. The van der Waals surface area contributed by atoms with Crippen molar-refractivity contribution in [2.75, 3.05) is 31.9 Å². The minimum atomic E-state index is -0.443. The van der Waals surface area contributed by atoms with Crippen LogP contribution in [0.4, 0.5) is 5.69 Å². The first kappa shape index (κ1) is 20.2. The molecule has 0 unspecified atom stereocenters. The molecule has 0 spiro atoms. The first-order chi connectivity index (χ1) is 16.1. The van der Waals surface area contributed by atoms with E-state index in [-0.39, 0.29) is 5.56 Å². The van der Waals surface area contributed by atoms with Crippen molar-refractivity contribution >= 4 is 39.7 Å². The molecule has 4 heterocycles. The number of nitrogens with two attached hydrogens (primary N) is 1. The predicted molar refractivity (Wildman–Crippen MR) is 131 cm³/mol. The third-order valence-electron chi connectivity index (χ3n) is 6.43. The molecule has 2 aliphatic heterocycles. The molecule has 0 saturated carbocycles. The quantitative estimate of drug-likeness (QED) is 0.278. The fourth-order valence-corrected chi connectivity index (χ4v) is 5.56. The van der Waals surface area contributed by atoms with Gasteiger partial charge in [-0.05, 0) is 41.3 Å². The Kier molecular flexibility index (Phi) is 4.79. The largest absolute Gasteiger partial charge is 0.398 e. The Hall–Kier alpha value is -3.46. The highest BCUT2D eigenvalue weighted by Gasteiger charge is 2.34. The molecule has 2 aliphatic rings. The average Bonchev–Trinajstić information content (AvgIpc) is 3.54. The van der Waals surface area contributed by atoms with Crippen molar-refractivity contribution in [3.8, 4) is 21.7 Å². The number of hydrogen-bond donors (Lipinski definition) is 4. The number of imide groups is 1. The van der Waals surface area contributed by atoms with Crippen molar-refractivity contribution in [1.29, 1.82) is 0 Å². The fourth-order valence-electron chi connectivity index (χ4n) is 4.80. The monoisotopic (exact) mass is 457 g/mol. The van der Waals surface area contributed by atoms with E-state index in [2.05, 4.69) is 44.8 Å². The standard InChI is InChI=1S/C25H23N5O2S/c26-23-17(20-2-1-9-33-20)12-16(21-22(23)25(32)29-24(21)31)19-11-15-10-14(3-4-18(15)28-19)13-30-7-5-27-6-8-30/h1-4,9-12,27-28H,5-8,13,26H2,(H,29,31,32). The van der Waals surface area contributed by atoms with Crippen LogP contribution >= 0.6 is 11.3 Å². The number of nitrogens with zero attached hydrogens (tertiary/aromatic N) is 1. The number of nitrogen functional groups attached to an aromatic ring is 1. The molecule has 2 amide bonds. The molecule has 2 aromatic carbocycles. The zero-order valence-electron chi connectivity index (χ0n) is 17.9. The zero-order valence-corrected chi connectivity index (χ0v) is 18.7. The number of aromatic amines is 1. The van der Waals surface area contributed by atoms with Crippen LogP contribution in [-0.2, 0) is 6.54 Å². The summed E-state index contributed by atoms with van der Waals surface area (Å²) in [6.45, 7) is 5.04. The molecule has 33 heavy (non-hydrogen) atoms. The van der Waals surface area contributed by atoms with Gasteiger partial charge in [-0.25, -0.2) is 0 Å². The van der Waals surface area contributed by atoms with Gasteiger partial charge in [0.05, 0.1) is 16.8 Å². The molecular formula is C25H23N5O2S. The number of rotatable bonds is 4. The number of piperazine rings is 1. The fraction of sp³-hybridized carbons (Fsp3) is 0.200. The van der Waals surface area contributed by atoms with Crippen LogP contribution in [0.2, 0.25) is 0 Å². The number of H-pyrrole nitrogens is 1. The number of carbonyl (C=O) groups excluding carboxylic acids is 2. The Balaban J connectivity index is 1.46. The number of benzene rings is 2. The highest BCUT2D eigenvalue weighted by atomic mass is 32.1. The van der Waals surface area contributed by atoms with Crippen LogP contribution < -0.4 is 16.4 Å². The first-order valence-corrected chi connectivity index (χ1v) is 11.9. The van der Waals surface area contributed by atoms with Gasteiger partial charge in [0.15, 0.2) is 0 Å². The number of nitrogens with one attached hydrogen (secondary N) is 3. The average molecular weight is 458 g/mol. The number of hydrogen-bond acceptors (Lipinski definition) is 6. The van der Waals surface area contributed by atoms with E-state index in [1.54, 1.807) is 11.3 Å². The summed E-state index contributed by atoms with van der Waals surface area (Å²) in [5.41, 5.74) is 11.8. The Morgan fingerprint density at radius 1 is 0.970 bits per heavy atom. The number of amides is 2. The van der Waals surface area contributed by atoms with E-state index in [0.717, 1.165) is 59.8 Å². The molecule has 5 N–H and O–H groups in total. The molecule has 2 aromatic heterocycles. The molecule has 1 saturated heterocycles. The van der Waals surface area contributed by atoms with Gasteiger partial charge in [0.25, 0.3) is 11.8 Å². The highest BCUT2D eigenvalue weighted by molar-refractivity contribution is 7.13. The lowest BCUT2D eigenvalue weighted by atomic mass is 9.94. The van der Waals surface area contributed by atoms with E-state index in [1.165, 1.54) is 5.56 Å². The second-order valence-corrected chi connectivity index (χ2v) is 9.47.